The van der Waals surface area contributed by atoms with E-state index in [1.54, 1.807) is 7.05 Å². The summed E-state index contributed by atoms with van der Waals surface area (Å²) in [4.78, 5) is 20.2. The summed E-state index contributed by atoms with van der Waals surface area (Å²) in [6, 6.07) is 15.0. The highest BCUT2D eigenvalue weighted by atomic mass is 16.5. The average molecular weight is 497 g/mol. The van der Waals surface area contributed by atoms with Crippen molar-refractivity contribution in [2.75, 3.05) is 7.05 Å². The predicted octanol–water partition coefficient (Wildman–Crippen LogP) is 6.84. The summed E-state index contributed by atoms with van der Waals surface area (Å²) in [6.45, 7) is 16.0. The number of benzene rings is 2. The SMILES string of the molecule is C=C.C=O.CC.CC.CNC(=O)Cc1cccc(O[C@@H]2CC[C@@H](N)C2)c1-c1ccccc1C1CCC1. The van der Waals surface area contributed by atoms with Crippen LogP contribution in [0.15, 0.2) is 55.6 Å². The Hall–Kier alpha value is -2.92. The zero-order valence-corrected chi connectivity index (χ0v) is 23.1. The summed E-state index contributed by atoms with van der Waals surface area (Å²) in [6.07, 6.45) is 7.17. The molecule has 2 aromatic carbocycles. The minimum atomic E-state index is 0.0161. The first-order chi connectivity index (χ1) is 17.7. The Labute approximate surface area is 219 Å². The molecule has 5 heteroatoms. The maximum absolute atomic E-state index is 12.2. The van der Waals surface area contributed by atoms with Crippen LogP contribution >= 0.6 is 0 Å². The van der Waals surface area contributed by atoms with Gasteiger partial charge in [-0.25, -0.2) is 0 Å². The van der Waals surface area contributed by atoms with Crippen molar-refractivity contribution in [3.8, 4) is 16.9 Å². The third kappa shape index (κ3) is 9.27. The number of carbonyl (C=O) groups excluding carboxylic acids is 2. The van der Waals surface area contributed by atoms with Gasteiger partial charge in [0, 0.05) is 18.7 Å². The van der Waals surface area contributed by atoms with Crippen molar-refractivity contribution in [2.24, 2.45) is 5.73 Å². The van der Waals surface area contributed by atoms with Gasteiger partial charge >= 0.3 is 0 Å². The van der Waals surface area contributed by atoms with E-state index in [9.17, 15) is 4.79 Å². The summed E-state index contributed by atoms with van der Waals surface area (Å²) in [5.41, 5.74) is 10.8. The van der Waals surface area contributed by atoms with Gasteiger partial charge < -0.3 is 20.6 Å². The van der Waals surface area contributed by atoms with E-state index in [1.807, 2.05) is 46.6 Å². The van der Waals surface area contributed by atoms with Gasteiger partial charge in [0.25, 0.3) is 0 Å². The Morgan fingerprint density at radius 3 is 2.14 bits per heavy atom. The van der Waals surface area contributed by atoms with E-state index in [0.29, 0.717) is 12.3 Å². The van der Waals surface area contributed by atoms with Crippen LogP contribution in [0, 0.1) is 0 Å². The molecule has 0 unspecified atom stereocenters. The van der Waals surface area contributed by atoms with E-state index in [4.69, 9.17) is 15.3 Å². The van der Waals surface area contributed by atoms with Crippen molar-refractivity contribution in [3.05, 3.63) is 66.7 Å². The molecule has 1 amide bonds. The molecule has 0 saturated heterocycles. The maximum Gasteiger partial charge on any atom is 0.224 e. The van der Waals surface area contributed by atoms with Crippen LogP contribution in [0.4, 0.5) is 0 Å². The minimum absolute atomic E-state index is 0.0161. The van der Waals surface area contributed by atoms with Crippen molar-refractivity contribution in [1.29, 1.82) is 0 Å². The molecule has 0 aromatic heterocycles. The zero-order chi connectivity index (χ0) is 27.5. The van der Waals surface area contributed by atoms with Gasteiger partial charge in [0.1, 0.15) is 18.6 Å². The highest BCUT2D eigenvalue weighted by Crippen LogP contribution is 2.45. The number of hydrogen-bond acceptors (Lipinski definition) is 4. The molecule has 0 bridgehead atoms. The Morgan fingerprint density at radius 2 is 1.61 bits per heavy atom. The van der Waals surface area contributed by atoms with Crippen molar-refractivity contribution in [1.82, 2.24) is 5.32 Å². The van der Waals surface area contributed by atoms with Gasteiger partial charge in [-0.1, -0.05) is 70.5 Å². The van der Waals surface area contributed by atoms with Gasteiger partial charge in [0.05, 0.1) is 6.42 Å². The summed E-state index contributed by atoms with van der Waals surface area (Å²) in [7, 11) is 1.69. The Balaban J connectivity index is 0.00000140. The lowest BCUT2D eigenvalue weighted by Gasteiger charge is -2.29. The van der Waals surface area contributed by atoms with Crippen molar-refractivity contribution < 1.29 is 14.3 Å². The second-order valence-electron chi connectivity index (χ2n) is 8.17. The van der Waals surface area contributed by atoms with Gasteiger partial charge in [0.2, 0.25) is 5.91 Å². The van der Waals surface area contributed by atoms with Crippen LogP contribution in [0.3, 0.4) is 0 Å². The van der Waals surface area contributed by atoms with Gasteiger partial charge in [-0.2, -0.15) is 0 Å². The summed E-state index contributed by atoms with van der Waals surface area (Å²) in [5, 5.41) is 2.75. The van der Waals surface area contributed by atoms with Crippen molar-refractivity contribution >= 4 is 12.7 Å². The summed E-state index contributed by atoms with van der Waals surface area (Å²) >= 11 is 0. The van der Waals surface area contributed by atoms with Gasteiger partial charge in [-0.15, -0.1) is 13.2 Å². The lowest BCUT2D eigenvalue weighted by atomic mass is 9.76. The highest BCUT2D eigenvalue weighted by Gasteiger charge is 2.27. The fraction of sp³-hybridized carbons (Fsp3) is 0.484. The minimum Gasteiger partial charge on any atom is -0.490 e. The average Bonchev–Trinajstić information content (AvgIpc) is 3.33. The molecular weight excluding hydrogens is 448 g/mol. The predicted molar refractivity (Wildman–Crippen MR) is 154 cm³/mol. The van der Waals surface area contributed by atoms with Crippen LogP contribution in [0.1, 0.15) is 83.3 Å². The molecule has 2 aromatic rings. The van der Waals surface area contributed by atoms with E-state index in [-0.39, 0.29) is 18.1 Å². The molecule has 0 aliphatic heterocycles. The molecule has 36 heavy (non-hydrogen) atoms. The largest absolute Gasteiger partial charge is 0.490 e. The van der Waals surface area contributed by atoms with Crippen molar-refractivity contribution in [2.45, 2.75) is 90.7 Å². The Bertz CT molecular complexity index is 878. The standard InChI is InChI=1S/C24H30N2O2.2C2H6.C2H4.CH2O/c1-26-23(27)14-17-8-5-11-22(28-19-13-12-18(25)15-19)24(17)21-10-3-2-9-20(21)16-6-4-7-16;4*1-2/h2-3,5,8-11,16,18-19H,4,6-7,12-15,25H2,1H3,(H,26,27);2*1-2H3;1-2H2;1H2/t18-,19-;;;;/m1..../s1. The normalized spacial score (nSPS) is 17.6. The third-order valence-corrected chi connectivity index (χ3v) is 6.24. The fourth-order valence-corrected chi connectivity index (χ4v) is 4.45. The molecule has 0 radical (unpaired) electrons. The molecule has 5 nitrogen and oxygen atoms in total. The molecule has 2 aliphatic carbocycles. The monoisotopic (exact) mass is 496 g/mol. The van der Waals surface area contributed by atoms with E-state index in [1.165, 1.54) is 30.4 Å². The van der Waals surface area contributed by atoms with Crippen LogP contribution in [0.2, 0.25) is 0 Å². The number of carbonyl (C=O) groups is 2. The maximum atomic E-state index is 12.2. The molecule has 2 fully saturated rings. The first-order valence-corrected chi connectivity index (χ1v) is 13.3. The number of nitrogens with two attached hydrogens (primary N) is 1. The van der Waals surface area contributed by atoms with Gasteiger partial charge in [-0.3, -0.25) is 4.79 Å². The lowest BCUT2D eigenvalue weighted by molar-refractivity contribution is -0.119. The quantitative estimate of drug-likeness (QED) is 0.429. The van der Waals surface area contributed by atoms with E-state index < -0.39 is 0 Å². The van der Waals surface area contributed by atoms with Gasteiger partial charge in [0.15, 0.2) is 0 Å². The van der Waals surface area contributed by atoms with E-state index >= 15 is 0 Å². The van der Waals surface area contributed by atoms with Gasteiger partial charge in [-0.05, 0) is 60.8 Å². The van der Waals surface area contributed by atoms with Crippen LogP contribution in [0.25, 0.3) is 11.1 Å². The first-order valence-electron chi connectivity index (χ1n) is 13.3. The molecule has 0 spiro atoms. The molecule has 2 aliphatic rings. The fourth-order valence-electron chi connectivity index (χ4n) is 4.45. The molecule has 200 valence electrons. The first kappa shape index (κ1) is 33.1. The lowest BCUT2D eigenvalue weighted by Crippen LogP contribution is -2.21. The Kier molecular flexibility index (Phi) is 17.7. The summed E-state index contributed by atoms with van der Waals surface area (Å²) < 4.78 is 6.46. The third-order valence-electron chi connectivity index (χ3n) is 6.24. The molecule has 3 N–H and O–H groups in total. The van der Waals surface area contributed by atoms with Crippen LogP contribution in [0.5, 0.6) is 5.75 Å². The van der Waals surface area contributed by atoms with Crippen molar-refractivity contribution in [3.63, 3.8) is 0 Å². The number of amides is 1. The molecule has 2 atom stereocenters. The second kappa shape index (κ2) is 19.3. The smallest absolute Gasteiger partial charge is 0.224 e. The van der Waals surface area contributed by atoms with Crippen LogP contribution in [-0.4, -0.2) is 31.9 Å². The summed E-state index contributed by atoms with van der Waals surface area (Å²) in [5.74, 6) is 1.51. The van der Waals surface area contributed by atoms with Crippen LogP contribution in [-0.2, 0) is 16.0 Å². The molecule has 0 heterocycles. The molecular formula is C31H48N2O3. The number of ether oxygens (including phenoxy) is 1. The highest BCUT2D eigenvalue weighted by molar-refractivity contribution is 5.84. The number of likely N-dealkylation sites (N-methyl/N-ethyl adjacent to an activating group) is 1. The van der Waals surface area contributed by atoms with Crippen LogP contribution < -0.4 is 15.8 Å². The number of nitrogens with one attached hydrogen (secondary N) is 1. The van der Waals surface area contributed by atoms with E-state index in [0.717, 1.165) is 36.1 Å². The molecule has 2 saturated carbocycles. The number of hydrogen-bond donors (Lipinski definition) is 2. The topological polar surface area (TPSA) is 81.4 Å². The zero-order valence-electron chi connectivity index (χ0n) is 23.1. The molecule has 4 rings (SSSR count). The Morgan fingerprint density at radius 1 is 0.972 bits per heavy atom. The second-order valence-corrected chi connectivity index (χ2v) is 8.17. The van der Waals surface area contributed by atoms with E-state index in [2.05, 4.69) is 48.8 Å². The number of rotatable bonds is 6.